The maximum atomic E-state index is 13.5. The third-order valence-corrected chi connectivity index (χ3v) is 8.41. The summed E-state index contributed by atoms with van der Waals surface area (Å²) in [6.45, 7) is 3.47. The van der Waals surface area contributed by atoms with Gasteiger partial charge in [-0.15, -0.1) is 0 Å². The van der Waals surface area contributed by atoms with Crippen LogP contribution in [0, 0.1) is 11.3 Å². The van der Waals surface area contributed by atoms with Gasteiger partial charge in [-0.3, -0.25) is 9.59 Å². The number of likely N-dealkylation sites (tertiary alicyclic amines) is 2. The van der Waals surface area contributed by atoms with Crippen molar-refractivity contribution in [2.75, 3.05) is 39.8 Å². The molecule has 0 spiro atoms. The molecule has 1 aliphatic carbocycles. The van der Waals surface area contributed by atoms with E-state index >= 15 is 0 Å². The molecule has 1 aromatic rings. The molecule has 1 unspecified atom stereocenters. The Hall–Kier alpha value is -2.49. The summed E-state index contributed by atoms with van der Waals surface area (Å²) < 4.78 is 42.4. The third kappa shape index (κ3) is 6.74. The smallest absolute Gasteiger partial charge is 0.409 e. The molecular formula is C27H35ClF3N3O4. The Bertz CT molecular complexity index is 1020. The molecule has 11 heteroatoms. The van der Waals surface area contributed by atoms with Gasteiger partial charge in [-0.2, -0.15) is 13.2 Å². The second-order valence-corrected chi connectivity index (χ2v) is 11.5. The van der Waals surface area contributed by atoms with Crippen molar-refractivity contribution in [3.8, 4) is 0 Å². The molecule has 2 aliphatic heterocycles. The first-order valence-electron chi connectivity index (χ1n) is 13.2. The zero-order valence-electron chi connectivity index (χ0n) is 21.8. The maximum absolute atomic E-state index is 13.5. The molecule has 1 aromatic carbocycles. The minimum Gasteiger partial charge on any atom is -0.449 e. The molecule has 38 heavy (non-hydrogen) atoms. The van der Waals surface area contributed by atoms with Gasteiger partial charge in [-0.25, -0.2) is 4.79 Å². The summed E-state index contributed by atoms with van der Waals surface area (Å²) in [4.78, 5) is 43.9. The molecule has 2 atom stereocenters. The highest BCUT2D eigenvalue weighted by atomic mass is 35.5. The van der Waals surface area contributed by atoms with Crippen LogP contribution in [0.5, 0.6) is 0 Å². The predicted octanol–water partition coefficient (Wildman–Crippen LogP) is 5.08. The largest absolute Gasteiger partial charge is 0.449 e. The number of hydrogen-bond acceptors (Lipinski definition) is 4. The van der Waals surface area contributed by atoms with Crippen LogP contribution < -0.4 is 0 Å². The number of carbonyl (C=O) groups is 3. The van der Waals surface area contributed by atoms with Gasteiger partial charge >= 0.3 is 12.3 Å². The molecule has 0 aromatic heterocycles. The number of benzene rings is 1. The summed E-state index contributed by atoms with van der Waals surface area (Å²) in [6, 6.07) is 6.81. The summed E-state index contributed by atoms with van der Waals surface area (Å²) in [7, 11) is 1.55. The van der Waals surface area contributed by atoms with Crippen LogP contribution in [0.2, 0.25) is 5.02 Å². The SMILES string of the molecule is CN(C(=O)OCCCC(F)(F)F)C1CN(C(=O)C2CCN(C(=O)C3(C)CC3)CC2)C[C@@H]1c1ccc(Cl)cc1. The van der Waals surface area contributed by atoms with Crippen molar-refractivity contribution in [2.24, 2.45) is 11.3 Å². The Labute approximate surface area is 226 Å². The summed E-state index contributed by atoms with van der Waals surface area (Å²) in [5, 5.41) is 0.565. The van der Waals surface area contributed by atoms with E-state index in [2.05, 4.69) is 0 Å². The van der Waals surface area contributed by atoms with Crippen LogP contribution in [0.1, 0.15) is 56.9 Å². The van der Waals surface area contributed by atoms with E-state index in [4.69, 9.17) is 16.3 Å². The topological polar surface area (TPSA) is 70.2 Å². The zero-order valence-corrected chi connectivity index (χ0v) is 22.6. The van der Waals surface area contributed by atoms with Gasteiger partial charge in [0.05, 0.1) is 12.6 Å². The lowest BCUT2D eigenvalue weighted by Crippen LogP contribution is -2.46. The third-order valence-electron chi connectivity index (χ3n) is 8.16. The first kappa shape index (κ1) is 28.5. The Morgan fingerprint density at radius 1 is 1.08 bits per heavy atom. The Morgan fingerprint density at radius 3 is 2.29 bits per heavy atom. The lowest BCUT2D eigenvalue weighted by Gasteiger charge is -2.34. The Kier molecular flexibility index (Phi) is 8.49. The minimum atomic E-state index is -4.30. The number of hydrogen-bond donors (Lipinski definition) is 0. The van der Waals surface area contributed by atoms with E-state index in [1.807, 2.05) is 24.0 Å². The Morgan fingerprint density at radius 2 is 1.71 bits per heavy atom. The first-order valence-corrected chi connectivity index (χ1v) is 13.6. The first-order chi connectivity index (χ1) is 17.9. The number of halogens is 4. The minimum absolute atomic E-state index is 0.00291. The van der Waals surface area contributed by atoms with Gasteiger partial charge in [0.15, 0.2) is 0 Å². The van der Waals surface area contributed by atoms with Crippen molar-refractivity contribution in [2.45, 2.75) is 63.6 Å². The standard InChI is InChI=1S/C27H35ClF3N3O4/c1-26(11-12-26)24(36)33-13-8-19(9-14-33)23(35)34-16-21(18-4-6-20(28)7-5-18)22(17-34)32(2)25(37)38-15-3-10-27(29,30)31/h4-7,19,21-22H,3,8-17H2,1-2H3/t21-,22?/m1/s1. The highest BCUT2D eigenvalue weighted by molar-refractivity contribution is 6.30. The van der Waals surface area contributed by atoms with Gasteiger partial charge in [0.1, 0.15) is 0 Å². The second kappa shape index (κ2) is 11.3. The number of rotatable bonds is 7. The van der Waals surface area contributed by atoms with Gasteiger partial charge in [0.2, 0.25) is 11.8 Å². The fourth-order valence-electron chi connectivity index (χ4n) is 5.44. The van der Waals surface area contributed by atoms with Crippen LogP contribution in [-0.4, -0.2) is 84.7 Å². The van der Waals surface area contributed by atoms with Gasteiger partial charge < -0.3 is 19.4 Å². The van der Waals surface area contributed by atoms with Gasteiger partial charge in [0, 0.05) is 61.9 Å². The Balaban J connectivity index is 1.39. The molecule has 2 heterocycles. The molecule has 3 amide bonds. The van der Waals surface area contributed by atoms with Crippen molar-refractivity contribution in [1.29, 1.82) is 0 Å². The fraction of sp³-hybridized carbons (Fsp3) is 0.667. The van der Waals surface area contributed by atoms with E-state index in [-0.39, 0.29) is 48.6 Å². The van der Waals surface area contributed by atoms with Gasteiger partial charge in [-0.1, -0.05) is 30.7 Å². The lowest BCUT2D eigenvalue weighted by atomic mass is 9.93. The van der Waals surface area contributed by atoms with Crippen molar-refractivity contribution in [3.63, 3.8) is 0 Å². The van der Waals surface area contributed by atoms with Gasteiger partial charge in [-0.05, 0) is 49.8 Å². The van der Waals surface area contributed by atoms with E-state index in [1.165, 1.54) is 4.90 Å². The fourth-order valence-corrected chi connectivity index (χ4v) is 5.56. The molecule has 3 aliphatic rings. The molecule has 2 saturated heterocycles. The normalized spacial score (nSPS) is 23.3. The van der Waals surface area contributed by atoms with E-state index in [1.54, 1.807) is 24.1 Å². The average Bonchev–Trinajstić information content (AvgIpc) is 3.49. The number of likely N-dealkylation sites (N-methyl/N-ethyl adjacent to an activating group) is 1. The molecule has 0 radical (unpaired) electrons. The molecule has 1 saturated carbocycles. The van der Waals surface area contributed by atoms with E-state index in [9.17, 15) is 27.6 Å². The second-order valence-electron chi connectivity index (χ2n) is 11.0. The summed E-state index contributed by atoms with van der Waals surface area (Å²) in [5.74, 6) is -0.221. The number of alkyl halides is 3. The van der Waals surface area contributed by atoms with Crippen molar-refractivity contribution in [3.05, 3.63) is 34.9 Å². The molecule has 4 rings (SSSR count). The van der Waals surface area contributed by atoms with Crippen LogP contribution >= 0.6 is 11.6 Å². The van der Waals surface area contributed by atoms with Crippen molar-refractivity contribution >= 4 is 29.5 Å². The van der Waals surface area contributed by atoms with E-state index in [0.717, 1.165) is 18.4 Å². The van der Waals surface area contributed by atoms with Crippen molar-refractivity contribution in [1.82, 2.24) is 14.7 Å². The molecular weight excluding hydrogens is 523 g/mol. The highest BCUT2D eigenvalue weighted by Crippen LogP contribution is 2.47. The maximum Gasteiger partial charge on any atom is 0.409 e. The molecule has 3 fully saturated rings. The average molecular weight is 558 g/mol. The van der Waals surface area contributed by atoms with E-state index < -0.39 is 24.7 Å². The number of piperidine rings is 1. The predicted molar refractivity (Wildman–Crippen MR) is 136 cm³/mol. The number of nitrogens with zero attached hydrogens (tertiary/aromatic N) is 3. The van der Waals surface area contributed by atoms with Crippen LogP contribution in [0.25, 0.3) is 0 Å². The van der Waals surface area contributed by atoms with E-state index in [0.29, 0.717) is 37.5 Å². The quantitative estimate of drug-likeness (QED) is 0.438. The van der Waals surface area contributed by atoms with Crippen LogP contribution in [0.4, 0.5) is 18.0 Å². The van der Waals surface area contributed by atoms with Crippen LogP contribution in [-0.2, 0) is 14.3 Å². The summed E-state index contributed by atoms with van der Waals surface area (Å²) >= 11 is 6.06. The van der Waals surface area contributed by atoms with Gasteiger partial charge in [0.25, 0.3) is 0 Å². The monoisotopic (exact) mass is 557 g/mol. The molecule has 0 bridgehead atoms. The van der Waals surface area contributed by atoms with Crippen molar-refractivity contribution < 1.29 is 32.3 Å². The number of ether oxygens (including phenoxy) is 1. The molecule has 210 valence electrons. The van der Waals surface area contributed by atoms with Crippen LogP contribution in [0.15, 0.2) is 24.3 Å². The van der Waals surface area contributed by atoms with Crippen LogP contribution in [0.3, 0.4) is 0 Å². The summed E-state index contributed by atoms with van der Waals surface area (Å²) in [5.41, 5.74) is 0.682. The number of carbonyl (C=O) groups excluding carboxylic acids is 3. The zero-order chi connectivity index (χ0) is 27.7. The molecule has 0 N–H and O–H groups in total. The molecule has 7 nitrogen and oxygen atoms in total. The highest BCUT2D eigenvalue weighted by Gasteiger charge is 2.48. The lowest BCUT2D eigenvalue weighted by molar-refractivity contribution is -0.142. The number of amides is 3. The summed E-state index contributed by atoms with van der Waals surface area (Å²) in [6.07, 6.45) is -3.30.